The normalized spacial score (nSPS) is 27.7. The van der Waals surface area contributed by atoms with Crippen LogP contribution in [0.2, 0.25) is 0 Å². The third kappa shape index (κ3) is 3.15. The first-order valence-corrected chi connectivity index (χ1v) is 8.95. The molecule has 142 valence electrons. The van der Waals surface area contributed by atoms with Gasteiger partial charge in [-0.05, 0) is 43.7 Å². The first-order chi connectivity index (χ1) is 12.3. The highest BCUT2D eigenvalue weighted by atomic mass is 19.3. The van der Waals surface area contributed by atoms with Crippen molar-refractivity contribution >= 4 is 11.9 Å². The summed E-state index contributed by atoms with van der Waals surface area (Å²) in [5, 5.41) is 0. The number of allylic oxidation sites excluding steroid dienone is 1. The molecule has 1 aromatic rings. The zero-order chi connectivity index (χ0) is 19.0. The van der Waals surface area contributed by atoms with Gasteiger partial charge in [-0.2, -0.15) is 8.78 Å². The first-order valence-electron chi connectivity index (χ1n) is 8.95. The highest BCUT2D eigenvalue weighted by Crippen LogP contribution is 2.40. The number of carbonyl (C=O) groups excluding carboxylic acids is 2. The van der Waals surface area contributed by atoms with Gasteiger partial charge in [0.15, 0.2) is 0 Å². The van der Waals surface area contributed by atoms with Crippen LogP contribution >= 0.6 is 0 Å². The minimum absolute atomic E-state index is 0.0131. The zero-order valence-electron chi connectivity index (χ0n) is 15.2. The number of halogens is 2. The van der Waals surface area contributed by atoms with Crippen molar-refractivity contribution in [2.24, 2.45) is 23.7 Å². The van der Waals surface area contributed by atoms with Crippen molar-refractivity contribution in [1.82, 2.24) is 9.47 Å². The number of rotatable bonds is 4. The predicted octanol–water partition coefficient (Wildman–Crippen LogP) is 3.27. The van der Waals surface area contributed by atoms with E-state index in [1.165, 1.54) is 12.1 Å². The molecule has 0 aromatic carbocycles. The number of fused-ring (bicyclic) bond motifs is 1. The van der Waals surface area contributed by atoms with Gasteiger partial charge in [0.25, 0.3) is 5.91 Å². The van der Waals surface area contributed by atoms with Gasteiger partial charge in [-0.25, -0.2) is 0 Å². The Morgan fingerprint density at radius 1 is 1.27 bits per heavy atom. The maximum Gasteiger partial charge on any atom is 0.319 e. The molecule has 1 aliphatic carbocycles. The molecule has 0 unspecified atom stereocenters. The number of hydrogen-bond acceptors (Lipinski definition) is 3. The monoisotopic (exact) mass is 366 g/mol. The molecular weight excluding hydrogens is 342 g/mol. The number of aromatic nitrogens is 1. The fourth-order valence-electron chi connectivity index (χ4n) is 4.20. The Hall–Kier alpha value is -2.18. The Morgan fingerprint density at radius 2 is 2.00 bits per heavy atom. The molecule has 1 aliphatic heterocycles. The number of esters is 1. The summed E-state index contributed by atoms with van der Waals surface area (Å²) < 4.78 is 32.5. The van der Waals surface area contributed by atoms with Gasteiger partial charge in [-0.1, -0.05) is 19.1 Å². The molecule has 3 rings (SSSR count). The van der Waals surface area contributed by atoms with Crippen LogP contribution in [0.25, 0.3) is 0 Å². The topological polar surface area (TPSA) is 51.5 Å². The van der Waals surface area contributed by atoms with Crippen LogP contribution < -0.4 is 0 Å². The summed E-state index contributed by atoms with van der Waals surface area (Å²) in [5.41, 5.74) is 0.332. The van der Waals surface area contributed by atoms with Gasteiger partial charge >= 0.3 is 12.5 Å². The van der Waals surface area contributed by atoms with Crippen molar-refractivity contribution in [2.45, 2.75) is 27.3 Å². The fraction of sp³-hybridized carbons (Fsp3) is 0.579. The number of nitrogens with zero attached hydrogens (tertiary/aromatic N) is 2. The molecule has 1 amide bonds. The summed E-state index contributed by atoms with van der Waals surface area (Å²) in [6, 6.07) is 2.96. The molecule has 0 spiro atoms. The Balaban J connectivity index is 1.82. The first kappa shape index (κ1) is 18.6. The number of carbonyl (C=O) groups is 2. The average Bonchev–Trinajstić information content (AvgIpc) is 3.17. The highest BCUT2D eigenvalue weighted by Gasteiger charge is 2.46. The third-order valence-electron chi connectivity index (χ3n) is 5.48. The van der Waals surface area contributed by atoms with E-state index < -0.39 is 12.5 Å². The van der Waals surface area contributed by atoms with Gasteiger partial charge in [0.05, 0.1) is 12.5 Å². The van der Waals surface area contributed by atoms with Crippen LogP contribution in [-0.4, -0.2) is 41.0 Å². The van der Waals surface area contributed by atoms with E-state index in [9.17, 15) is 18.4 Å². The van der Waals surface area contributed by atoms with E-state index in [1.807, 2.05) is 19.1 Å². The Kier molecular flexibility index (Phi) is 5.16. The molecule has 2 heterocycles. The number of likely N-dealkylation sites (tertiary alicyclic amines) is 1. The lowest BCUT2D eigenvalue weighted by Gasteiger charge is -2.31. The molecular formula is C19H24F2N2O3. The van der Waals surface area contributed by atoms with Crippen LogP contribution in [0.3, 0.4) is 0 Å². The third-order valence-corrected chi connectivity index (χ3v) is 5.48. The van der Waals surface area contributed by atoms with Crippen molar-refractivity contribution in [3.63, 3.8) is 0 Å². The van der Waals surface area contributed by atoms with Crippen molar-refractivity contribution in [3.8, 4) is 0 Å². The molecule has 5 nitrogen and oxygen atoms in total. The van der Waals surface area contributed by atoms with Crippen LogP contribution in [0.5, 0.6) is 0 Å². The van der Waals surface area contributed by atoms with Crippen molar-refractivity contribution in [2.75, 3.05) is 19.7 Å². The zero-order valence-corrected chi connectivity index (χ0v) is 15.2. The van der Waals surface area contributed by atoms with Crippen LogP contribution in [0.15, 0.2) is 24.3 Å². The second-order valence-corrected chi connectivity index (χ2v) is 7.07. The predicted molar refractivity (Wildman–Crippen MR) is 91.7 cm³/mol. The molecule has 0 N–H and O–H groups in total. The van der Waals surface area contributed by atoms with Gasteiger partial charge < -0.3 is 9.64 Å². The quantitative estimate of drug-likeness (QED) is 0.607. The van der Waals surface area contributed by atoms with E-state index in [-0.39, 0.29) is 35.3 Å². The molecule has 7 heteroatoms. The summed E-state index contributed by atoms with van der Waals surface area (Å²) >= 11 is 0. The van der Waals surface area contributed by atoms with E-state index in [1.54, 1.807) is 18.7 Å². The lowest BCUT2D eigenvalue weighted by molar-refractivity contribution is -0.152. The standard InChI is InChI=1S/C19H24F2N2O3/c1-4-26-18(25)16-11(2)5-7-13-9-22(10-14(13)16)17(24)15-8-6-12(3)23(15)19(20)21/h5-8,11,13-14,16,19H,4,9-10H2,1-3H3/t11-,13-,14-,16-/m0/s1. The van der Waals surface area contributed by atoms with Crippen LogP contribution in [0.4, 0.5) is 8.78 Å². The van der Waals surface area contributed by atoms with Gasteiger partial charge in [-0.3, -0.25) is 14.2 Å². The second kappa shape index (κ2) is 7.21. The molecule has 4 atom stereocenters. The van der Waals surface area contributed by atoms with Gasteiger partial charge in [0.1, 0.15) is 5.69 Å². The summed E-state index contributed by atoms with van der Waals surface area (Å²) in [6.07, 6.45) is 4.03. The van der Waals surface area contributed by atoms with E-state index in [4.69, 9.17) is 4.74 Å². The minimum atomic E-state index is -2.76. The van der Waals surface area contributed by atoms with Crippen molar-refractivity contribution < 1.29 is 23.1 Å². The van der Waals surface area contributed by atoms with Crippen molar-refractivity contribution in [3.05, 3.63) is 35.7 Å². The van der Waals surface area contributed by atoms with Crippen LogP contribution in [-0.2, 0) is 9.53 Å². The van der Waals surface area contributed by atoms with Gasteiger partial charge in [-0.15, -0.1) is 0 Å². The smallest absolute Gasteiger partial charge is 0.319 e. The SMILES string of the molecule is CCOC(=O)[C@@H]1[C@H]2CN(C(=O)c3ccc(C)n3C(F)F)C[C@@H]2C=C[C@@H]1C. The maximum atomic E-state index is 13.3. The molecule has 0 radical (unpaired) electrons. The Morgan fingerprint density at radius 3 is 2.65 bits per heavy atom. The minimum Gasteiger partial charge on any atom is -0.466 e. The number of hydrogen-bond donors (Lipinski definition) is 0. The Labute approximate surface area is 151 Å². The van der Waals surface area contributed by atoms with Gasteiger partial charge in [0, 0.05) is 18.8 Å². The molecule has 2 aliphatic rings. The number of amides is 1. The van der Waals surface area contributed by atoms with Gasteiger partial charge in [0.2, 0.25) is 0 Å². The summed E-state index contributed by atoms with van der Waals surface area (Å²) in [4.78, 5) is 26.8. The van der Waals surface area contributed by atoms with E-state index in [0.717, 1.165) is 4.57 Å². The fourth-order valence-corrected chi connectivity index (χ4v) is 4.20. The lowest BCUT2D eigenvalue weighted by atomic mass is 9.72. The summed E-state index contributed by atoms with van der Waals surface area (Å²) in [7, 11) is 0. The summed E-state index contributed by atoms with van der Waals surface area (Å²) in [6.45, 7) is 3.63. The Bertz CT molecular complexity index is 728. The maximum absolute atomic E-state index is 13.3. The molecule has 26 heavy (non-hydrogen) atoms. The van der Waals surface area contributed by atoms with Crippen LogP contribution in [0, 0.1) is 30.6 Å². The number of ether oxygens (including phenoxy) is 1. The highest BCUT2D eigenvalue weighted by molar-refractivity contribution is 5.93. The second-order valence-electron chi connectivity index (χ2n) is 7.07. The van der Waals surface area contributed by atoms with E-state index >= 15 is 0 Å². The number of alkyl halides is 2. The number of aryl methyl sites for hydroxylation is 1. The molecule has 0 saturated carbocycles. The van der Waals surface area contributed by atoms with Crippen LogP contribution in [0.1, 0.15) is 36.6 Å². The lowest BCUT2D eigenvalue weighted by Crippen LogP contribution is -2.37. The largest absolute Gasteiger partial charge is 0.466 e. The summed E-state index contributed by atoms with van der Waals surface area (Å²) in [5.74, 6) is -0.963. The van der Waals surface area contributed by atoms with E-state index in [2.05, 4.69) is 0 Å². The van der Waals surface area contributed by atoms with Crippen molar-refractivity contribution in [1.29, 1.82) is 0 Å². The molecule has 1 fully saturated rings. The molecule has 1 saturated heterocycles. The molecule has 1 aromatic heterocycles. The average molecular weight is 366 g/mol. The molecule has 0 bridgehead atoms. The van der Waals surface area contributed by atoms with E-state index in [0.29, 0.717) is 25.4 Å².